The second-order valence-corrected chi connectivity index (χ2v) is 1.42. The number of hydrogen-bond acceptors (Lipinski definition) is 4. The summed E-state index contributed by atoms with van der Waals surface area (Å²) in [5.74, 6) is 0. The lowest BCUT2D eigenvalue weighted by Crippen LogP contribution is -2.21. The molecule has 0 saturated carbocycles. The van der Waals surface area contributed by atoms with Gasteiger partial charge < -0.3 is 0 Å². The maximum atomic E-state index is 3.83. The molecule has 1 aliphatic heterocycles. The number of thiol groups is 1. The highest BCUT2D eigenvalue weighted by Crippen LogP contribution is 1.89. The first-order valence-electron chi connectivity index (χ1n) is 1.84. The highest BCUT2D eigenvalue weighted by atomic mass is 32.1. The fourth-order valence-corrected chi connectivity index (χ4v) is 0.414. The fourth-order valence-electron chi connectivity index (χ4n) is 0.288. The molecule has 0 aromatic rings. The SMILES string of the molecule is SN1N=CC=CN1. The Labute approximate surface area is 47.2 Å². The van der Waals surface area contributed by atoms with Crippen molar-refractivity contribution >= 4 is 19.0 Å². The van der Waals surface area contributed by atoms with Gasteiger partial charge in [0.1, 0.15) is 0 Å². The Morgan fingerprint density at radius 3 is 2.86 bits per heavy atom. The van der Waals surface area contributed by atoms with Gasteiger partial charge in [-0.3, -0.25) is 5.43 Å². The van der Waals surface area contributed by atoms with Crippen LogP contribution in [0.15, 0.2) is 17.4 Å². The van der Waals surface area contributed by atoms with Crippen molar-refractivity contribution in [3.05, 3.63) is 12.3 Å². The minimum Gasteiger partial charge on any atom is -0.280 e. The van der Waals surface area contributed by atoms with Gasteiger partial charge in [-0.2, -0.15) is 5.10 Å². The van der Waals surface area contributed by atoms with E-state index in [-0.39, 0.29) is 0 Å². The van der Waals surface area contributed by atoms with Gasteiger partial charge in [-0.1, -0.05) is 0 Å². The highest BCUT2D eigenvalue weighted by Gasteiger charge is 1.86. The smallest absolute Gasteiger partial charge is 0.0516 e. The summed E-state index contributed by atoms with van der Waals surface area (Å²) < 4.78 is 1.32. The summed E-state index contributed by atoms with van der Waals surface area (Å²) in [4.78, 5) is 0. The van der Waals surface area contributed by atoms with Crippen molar-refractivity contribution in [2.75, 3.05) is 0 Å². The number of nitrogens with one attached hydrogen (secondary N) is 1. The Morgan fingerprint density at radius 2 is 2.57 bits per heavy atom. The number of hydrogen-bond donors (Lipinski definition) is 2. The summed E-state index contributed by atoms with van der Waals surface area (Å²) in [6, 6.07) is 0. The lowest BCUT2D eigenvalue weighted by Gasteiger charge is -2.10. The Balaban J connectivity index is 2.49. The molecule has 4 heteroatoms. The van der Waals surface area contributed by atoms with E-state index in [9.17, 15) is 0 Å². The Kier molecular flexibility index (Phi) is 1.21. The molecule has 0 bridgehead atoms. The van der Waals surface area contributed by atoms with Gasteiger partial charge in [-0.25, -0.2) is 0 Å². The van der Waals surface area contributed by atoms with Crippen LogP contribution in [0.4, 0.5) is 0 Å². The number of rotatable bonds is 0. The third-order valence-corrected chi connectivity index (χ3v) is 0.767. The molecular formula is C3H5N3S. The normalized spacial score (nSPS) is 17.0. The average Bonchev–Trinajstić information content (AvgIpc) is 1.69. The highest BCUT2D eigenvalue weighted by molar-refractivity contribution is 7.77. The molecule has 1 heterocycles. The van der Waals surface area contributed by atoms with Gasteiger partial charge in [0, 0.05) is 6.20 Å². The standard InChI is InChI=1S/C3H5N3S/c7-6-4-2-1-3-5-6/h1-4,7H. The molecule has 0 unspecified atom stereocenters. The zero-order valence-electron chi connectivity index (χ0n) is 3.57. The van der Waals surface area contributed by atoms with Crippen molar-refractivity contribution in [3.8, 4) is 0 Å². The summed E-state index contributed by atoms with van der Waals surface area (Å²) >= 11 is 3.83. The quantitative estimate of drug-likeness (QED) is 0.440. The van der Waals surface area contributed by atoms with Crippen molar-refractivity contribution in [3.63, 3.8) is 0 Å². The van der Waals surface area contributed by atoms with E-state index in [2.05, 4.69) is 23.3 Å². The lowest BCUT2D eigenvalue weighted by molar-refractivity contribution is 0.437. The largest absolute Gasteiger partial charge is 0.280 e. The van der Waals surface area contributed by atoms with Crippen molar-refractivity contribution in [2.24, 2.45) is 5.10 Å². The first-order chi connectivity index (χ1) is 3.39. The number of hydrazine groups is 1. The van der Waals surface area contributed by atoms with Gasteiger partial charge in [0.15, 0.2) is 0 Å². The molecule has 1 rings (SSSR count). The zero-order chi connectivity index (χ0) is 5.11. The van der Waals surface area contributed by atoms with Crippen molar-refractivity contribution in [1.29, 1.82) is 0 Å². The van der Waals surface area contributed by atoms with E-state index in [0.717, 1.165) is 0 Å². The second-order valence-electron chi connectivity index (χ2n) is 1.04. The molecule has 0 aromatic heterocycles. The van der Waals surface area contributed by atoms with Gasteiger partial charge in [-0.15, -0.1) is 4.52 Å². The van der Waals surface area contributed by atoms with Crippen LogP contribution in [0, 0.1) is 0 Å². The van der Waals surface area contributed by atoms with E-state index < -0.39 is 0 Å². The fraction of sp³-hybridized carbons (Fsp3) is 0. The van der Waals surface area contributed by atoms with E-state index in [1.165, 1.54) is 4.52 Å². The van der Waals surface area contributed by atoms with E-state index in [4.69, 9.17) is 0 Å². The van der Waals surface area contributed by atoms with Crippen LogP contribution in [0.3, 0.4) is 0 Å². The van der Waals surface area contributed by atoms with E-state index >= 15 is 0 Å². The van der Waals surface area contributed by atoms with Crippen molar-refractivity contribution in [1.82, 2.24) is 9.95 Å². The monoisotopic (exact) mass is 115 g/mol. The molecular weight excluding hydrogens is 110 g/mol. The molecule has 0 radical (unpaired) electrons. The lowest BCUT2D eigenvalue weighted by atomic mass is 10.7. The molecule has 0 saturated heterocycles. The van der Waals surface area contributed by atoms with Gasteiger partial charge in [0.2, 0.25) is 0 Å². The maximum Gasteiger partial charge on any atom is 0.0516 e. The number of hydrazone groups is 1. The van der Waals surface area contributed by atoms with E-state index in [1.807, 2.05) is 0 Å². The summed E-state index contributed by atoms with van der Waals surface area (Å²) in [5.41, 5.74) is 2.70. The van der Waals surface area contributed by atoms with Crippen LogP contribution < -0.4 is 5.43 Å². The molecule has 0 atom stereocenters. The number of nitrogens with zero attached hydrogens (tertiary/aromatic N) is 2. The van der Waals surface area contributed by atoms with E-state index in [0.29, 0.717) is 0 Å². The second kappa shape index (κ2) is 1.88. The Morgan fingerprint density at radius 1 is 1.71 bits per heavy atom. The average molecular weight is 115 g/mol. The Bertz CT molecular complexity index is 109. The van der Waals surface area contributed by atoms with Gasteiger partial charge in [-0.05, 0) is 18.9 Å². The third kappa shape index (κ3) is 1.12. The molecule has 0 aromatic carbocycles. The molecule has 0 aliphatic carbocycles. The molecule has 0 spiro atoms. The molecule has 1 aliphatic rings. The third-order valence-electron chi connectivity index (χ3n) is 0.548. The van der Waals surface area contributed by atoms with Crippen LogP contribution >= 0.6 is 12.8 Å². The summed E-state index contributed by atoms with van der Waals surface area (Å²) in [7, 11) is 0. The predicted octanol–water partition coefficient (Wildman–Crippen LogP) is 0.151. The molecule has 7 heavy (non-hydrogen) atoms. The van der Waals surface area contributed by atoms with Gasteiger partial charge in [0.25, 0.3) is 0 Å². The van der Waals surface area contributed by atoms with Crippen LogP contribution in [0.25, 0.3) is 0 Å². The predicted molar refractivity (Wildman–Crippen MR) is 31.6 cm³/mol. The molecule has 1 N–H and O–H groups in total. The Hall–Kier alpha value is -0.640. The van der Waals surface area contributed by atoms with Crippen LogP contribution in [-0.4, -0.2) is 10.7 Å². The molecule has 38 valence electrons. The van der Waals surface area contributed by atoms with Gasteiger partial charge >= 0.3 is 0 Å². The van der Waals surface area contributed by atoms with Crippen molar-refractivity contribution in [2.45, 2.75) is 0 Å². The van der Waals surface area contributed by atoms with E-state index in [1.54, 1.807) is 18.5 Å². The summed E-state index contributed by atoms with van der Waals surface area (Å²) in [6.45, 7) is 0. The number of allylic oxidation sites excluding steroid dienone is 1. The molecule has 0 amide bonds. The maximum absolute atomic E-state index is 3.83. The van der Waals surface area contributed by atoms with Crippen LogP contribution in [0.1, 0.15) is 0 Å². The summed E-state index contributed by atoms with van der Waals surface area (Å²) in [6.07, 6.45) is 5.16. The minimum absolute atomic E-state index is 1.32. The van der Waals surface area contributed by atoms with Crippen LogP contribution in [0.2, 0.25) is 0 Å². The van der Waals surface area contributed by atoms with Crippen LogP contribution in [-0.2, 0) is 0 Å². The topological polar surface area (TPSA) is 27.6 Å². The minimum atomic E-state index is 1.32. The van der Waals surface area contributed by atoms with Crippen LogP contribution in [0.5, 0.6) is 0 Å². The van der Waals surface area contributed by atoms with Gasteiger partial charge in [0.05, 0.1) is 6.21 Å². The molecule has 0 fully saturated rings. The first kappa shape index (κ1) is 4.52. The molecule has 3 nitrogen and oxygen atoms in total. The summed E-state index contributed by atoms with van der Waals surface area (Å²) in [5, 5.41) is 3.70. The van der Waals surface area contributed by atoms with Crippen molar-refractivity contribution < 1.29 is 0 Å². The zero-order valence-corrected chi connectivity index (χ0v) is 4.47. The first-order valence-corrected chi connectivity index (χ1v) is 2.24.